The SMILES string of the molecule is CC(C)c1nc(C(=O)N(C)CCC(N)C(C)C)cs1. The molecule has 0 aliphatic carbocycles. The molecule has 1 aromatic heterocycles. The molecular formula is C14H25N3OS. The summed E-state index contributed by atoms with van der Waals surface area (Å²) in [5, 5.41) is 2.85. The molecule has 1 unspecified atom stereocenters. The molecule has 19 heavy (non-hydrogen) atoms. The molecule has 108 valence electrons. The molecule has 0 radical (unpaired) electrons. The quantitative estimate of drug-likeness (QED) is 0.873. The van der Waals surface area contributed by atoms with Crippen LogP contribution in [-0.4, -0.2) is 35.4 Å². The monoisotopic (exact) mass is 283 g/mol. The number of thiazole rings is 1. The molecular weight excluding hydrogens is 258 g/mol. The average molecular weight is 283 g/mol. The molecule has 0 aromatic carbocycles. The summed E-state index contributed by atoms with van der Waals surface area (Å²) in [4.78, 5) is 18.3. The first-order valence-corrected chi connectivity index (χ1v) is 7.67. The van der Waals surface area contributed by atoms with Gasteiger partial charge in [0.2, 0.25) is 0 Å². The molecule has 1 heterocycles. The molecule has 1 atom stereocenters. The highest BCUT2D eigenvalue weighted by atomic mass is 32.1. The van der Waals surface area contributed by atoms with E-state index < -0.39 is 0 Å². The number of hydrogen-bond acceptors (Lipinski definition) is 4. The van der Waals surface area contributed by atoms with E-state index in [4.69, 9.17) is 5.73 Å². The van der Waals surface area contributed by atoms with Gasteiger partial charge in [-0.2, -0.15) is 0 Å². The van der Waals surface area contributed by atoms with E-state index in [1.165, 1.54) is 0 Å². The number of rotatable bonds is 6. The number of amides is 1. The normalized spacial score (nSPS) is 13.1. The highest BCUT2D eigenvalue weighted by molar-refractivity contribution is 7.09. The summed E-state index contributed by atoms with van der Waals surface area (Å²) in [5.74, 6) is 0.792. The summed E-state index contributed by atoms with van der Waals surface area (Å²) in [6.07, 6.45) is 0.821. The van der Waals surface area contributed by atoms with Crippen LogP contribution in [0, 0.1) is 5.92 Å². The van der Waals surface area contributed by atoms with Gasteiger partial charge in [0, 0.05) is 30.9 Å². The fraction of sp³-hybridized carbons (Fsp3) is 0.714. The van der Waals surface area contributed by atoms with Crippen LogP contribution in [-0.2, 0) is 0 Å². The first-order chi connectivity index (χ1) is 8.82. The first kappa shape index (κ1) is 16.1. The van der Waals surface area contributed by atoms with Crippen molar-refractivity contribution in [2.75, 3.05) is 13.6 Å². The van der Waals surface area contributed by atoms with Gasteiger partial charge in [0.05, 0.1) is 5.01 Å². The lowest BCUT2D eigenvalue weighted by Gasteiger charge is -2.20. The second-order valence-corrected chi connectivity index (χ2v) is 6.54. The molecule has 2 N–H and O–H groups in total. The van der Waals surface area contributed by atoms with Crippen LogP contribution in [0.15, 0.2) is 5.38 Å². The second kappa shape index (κ2) is 7.01. The van der Waals surface area contributed by atoms with E-state index in [1.54, 1.807) is 16.2 Å². The van der Waals surface area contributed by atoms with Crippen LogP contribution in [0.2, 0.25) is 0 Å². The second-order valence-electron chi connectivity index (χ2n) is 5.65. The van der Waals surface area contributed by atoms with Crippen molar-refractivity contribution in [3.8, 4) is 0 Å². The van der Waals surface area contributed by atoms with E-state index in [1.807, 2.05) is 12.4 Å². The van der Waals surface area contributed by atoms with E-state index in [9.17, 15) is 4.79 Å². The van der Waals surface area contributed by atoms with Crippen molar-refractivity contribution in [2.24, 2.45) is 11.7 Å². The minimum atomic E-state index is -0.0147. The third-order valence-corrected chi connectivity index (χ3v) is 4.38. The van der Waals surface area contributed by atoms with Gasteiger partial charge >= 0.3 is 0 Å². The Morgan fingerprint density at radius 3 is 2.53 bits per heavy atom. The van der Waals surface area contributed by atoms with Crippen molar-refractivity contribution in [3.63, 3.8) is 0 Å². The fourth-order valence-corrected chi connectivity index (χ4v) is 2.43. The van der Waals surface area contributed by atoms with E-state index >= 15 is 0 Å². The summed E-state index contributed by atoms with van der Waals surface area (Å²) in [6, 6.07) is 0.136. The summed E-state index contributed by atoms with van der Waals surface area (Å²) in [6.45, 7) is 9.04. The molecule has 0 saturated heterocycles. The Hall–Kier alpha value is -0.940. The lowest BCUT2D eigenvalue weighted by atomic mass is 10.0. The van der Waals surface area contributed by atoms with Crippen molar-refractivity contribution in [1.82, 2.24) is 9.88 Å². The average Bonchev–Trinajstić information content (AvgIpc) is 2.83. The largest absolute Gasteiger partial charge is 0.340 e. The van der Waals surface area contributed by atoms with Crippen molar-refractivity contribution < 1.29 is 4.79 Å². The van der Waals surface area contributed by atoms with Crippen LogP contribution >= 0.6 is 11.3 Å². The zero-order valence-electron chi connectivity index (χ0n) is 12.5. The third kappa shape index (κ3) is 4.58. The summed E-state index contributed by atoms with van der Waals surface area (Å²) in [5.41, 5.74) is 6.55. The molecule has 0 spiro atoms. The van der Waals surface area contributed by atoms with Crippen LogP contribution in [0.25, 0.3) is 0 Å². The predicted molar refractivity (Wildman–Crippen MR) is 80.6 cm³/mol. The number of hydrogen-bond donors (Lipinski definition) is 1. The summed E-state index contributed by atoms with van der Waals surface area (Å²) < 4.78 is 0. The van der Waals surface area contributed by atoms with Crippen molar-refractivity contribution in [2.45, 2.75) is 46.1 Å². The van der Waals surface area contributed by atoms with Crippen LogP contribution < -0.4 is 5.73 Å². The molecule has 5 heteroatoms. The van der Waals surface area contributed by atoms with Gasteiger partial charge in [-0.25, -0.2) is 4.98 Å². The maximum Gasteiger partial charge on any atom is 0.273 e. The van der Waals surface area contributed by atoms with Crippen molar-refractivity contribution in [1.29, 1.82) is 0 Å². The molecule has 0 saturated carbocycles. The Bertz CT molecular complexity index is 415. The van der Waals surface area contributed by atoms with Gasteiger partial charge in [-0.05, 0) is 12.3 Å². The topological polar surface area (TPSA) is 59.2 Å². The molecule has 1 aromatic rings. The predicted octanol–water partition coefficient (Wildman–Crippen LogP) is 2.71. The van der Waals surface area contributed by atoms with Gasteiger partial charge in [-0.1, -0.05) is 27.7 Å². The molecule has 4 nitrogen and oxygen atoms in total. The minimum absolute atomic E-state index is 0.0147. The Labute approximate surface area is 120 Å². The Morgan fingerprint density at radius 2 is 2.05 bits per heavy atom. The number of aromatic nitrogens is 1. The van der Waals surface area contributed by atoms with E-state index in [0.717, 1.165) is 11.4 Å². The van der Waals surface area contributed by atoms with Gasteiger partial charge in [0.1, 0.15) is 5.69 Å². The van der Waals surface area contributed by atoms with Gasteiger partial charge in [-0.3, -0.25) is 4.79 Å². The van der Waals surface area contributed by atoms with Gasteiger partial charge in [-0.15, -0.1) is 11.3 Å². The molecule has 0 fully saturated rings. The van der Waals surface area contributed by atoms with Gasteiger partial charge in [0.25, 0.3) is 5.91 Å². The first-order valence-electron chi connectivity index (χ1n) is 6.79. The van der Waals surface area contributed by atoms with E-state index in [2.05, 4.69) is 32.7 Å². The summed E-state index contributed by atoms with van der Waals surface area (Å²) in [7, 11) is 1.81. The molecule has 0 aliphatic rings. The minimum Gasteiger partial charge on any atom is -0.340 e. The zero-order valence-corrected chi connectivity index (χ0v) is 13.3. The van der Waals surface area contributed by atoms with Crippen LogP contribution in [0.1, 0.15) is 55.5 Å². The number of nitrogens with two attached hydrogens (primary N) is 1. The Morgan fingerprint density at radius 1 is 1.42 bits per heavy atom. The van der Waals surface area contributed by atoms with E-state index in [0.29, 0.717) is 24.1 Å². The van der Waals surface area contributed by atoms with Gasteiger partial charge in [0.15, 0.2) is 0 Å². The van der Waals surface area contributed by atoms with Gasteiger partial charge < -0.3 is 10.6 Å². The highest BCUT2D eigenvalue weighted by Gasteiger charge is 2.17. The van der Waals surface area contributed by atoms with Crippen LogP contribution in [0.4, 0.5) is 0 Å². The number of carbonyl (C=O) groups is 1. The summed E-state index contributed by atoms with van der Waals surface area (Å²) >= 11 is 1.55. The molecule has 1 amide bonds. The number of carbonyl (C=O) groups excluding carboxylic acids is 1. The van der Waals surface area contributed by atoms with E-state index in [-0.39, 0.29) is 11.9 Å². The Kier molecular flexibility index (Phi) is 5.94. The lowest BCUT2D eigenvalue weighted by molar-refractivity contribution is 0.0784. The third-order valence-electron chi connectivity index (χ3n) is 3.24. The fourth-order valence-electron chi connectivity index (χ4n) is 1.62. The highest BCUT2D eigenvalue weighted by Crippen LogP contribution is 2.20. The maximum absolute atomic E-state index is 12.2. The smallest absolute Gasteiger partial charge is 0.273 e. The maximum atomic E-state index is 12.2. The zero-order chi connectivity index (χ0) is 14.6. The number of nitrogens with zero attached hydrogens (tertiary/aromatic N) is 2. The molecule has 0 aliphatic heterocycles. The lowest BCUT2D eigenvalue weighted by Crippen LogP contribution is -2.34. The van der Waals surface area contributed by atoms with Crippen LogP contribution in [0.5, 0.6) is 0 Å². The van der Waals surface area contributed by atoms with Crippen molar-refractivity contribution >= 4 is 17.2 Å². The molecule has 0 bridgehead atoms. The Balaban J connectivity index is 2.56. The van der Waals surface area contributed by atoms with Crippen molar-refractivity contribution in [3.05, 3.63) is 16.1 Å². The van der Waals surface area contributed by atoms with Crippen LogP contribution in [0.3, 0.4) is 0 Å². The molecule has 1 rings (SSSR count). The standard InChI is InChI=1S/C14H25N3OS/c1-9(2)11(15)6-7-17(5)14(18)12-8-19-13(16-12)10(3)4/h8-11H,6-7,15H2,1-5H3.